The normalized spacial score (nSPS) is 17.7. The minimum Gasteiger partial charge on any atom is -0.478 e. The maximum absolute atomic E-state index is 12.0. The third-order valence-electron chi connectivity index (χ3n) is 5.94. The quantitative estimate of drug-likeness (QED) is 0.477. The number of esters is 1. The van der Waals surface area contributed by atoms with E-state index >= 15 is 0 Å². The SMILES string of the molecule is CCOC(=O)c1ccc(OC(C=O)c2cccc3c2C(C)(C)CCC3(C)C)cc1. The second kappa shape index (κ2) is 8.02. The molecule has 3 rings (SSSR count). The van der Waals surface area contributed by atoms with Gasteiger partial charge in [0, 0.05) is 5.56 Å². The lowest BCUT2D eigenvalue weighted by molar-refractivity contribution is -0.114. The zero-order valence-electron chi connectivity index (χ0n) is 18.0. The minimum absolute atomic E-state index is 0.0279. The van der Waals surface area contributed by atoms with Crippen molar-refractivity contribution in [2.75, 3.05) is 6.61 Å². The first-order chi connectivity index (χ1) is 13.7. The lowest BCUT2D eigenvalue weighted by atomic mass is 9.61. The van der Waals surface area contributed by atoms with Crippen LogP contribution in [0.1, 0.15) is 80.6 Å². The van der Waals surface area contributed by atoms with Crippen LogP contribution in [0.3, 0.4) is 0 Å². The van der Waals surface area contributed by atoms with Gasteiger partial charge in [-0.25, -0.2) is 4.79 Å². The van der Waals surface area contributed by atoms with Crippen LogP contribution in [0.2, 0.25) is 0 Å². The van der Waals surface area contributed by atoms with Crippen molar-refractivity contribution < 1.29 is 19.1 Å². The molecule has 4 heteroatoms. The van der Waals surface area contributed by atoms with Crippen molar-refractivity contribution in [3.63, 3.8) is 0 Å². The van der Waals surface area contributed by atoms with Gasteiger partial charge in [-0.2, -0.15) is 0 Å². The van der Waals surface area contributed by atoms with E-state index in [1.807, 2.05) is 12.1 Å². The van der Waals surface area contributed by atoms with Crippen LogP contribution in [-0.2, 0) is 20.4 Å². The molecule has 154 valence electrons. The number of carbonyl (C=O) groups is 2. The van der Waals surface area contributed by atoms with Gasteiger partial charge in [0.05, 0.1) is 12.2 Å². The van der Waals surface area contributed by atoms with E-state index in [4.69, 9.17) is 9.47 Å². The van der Waals surface area contributed by atoms with Gasteiger partial charge in [0.1, 0.15) is 5.75 Å². The number of ether oxygens (including phenoxy) is 2. The summed E-state index contributed by atoms with van der Waals surface area (Å²) in [6.45, 7) is 11.1. The molecule has 2 aromatic carbocycles. The highest BCUT2D eigenvalue weighted by atomic mass is 16.5. The van der Waals surface area contributed by atoms with Crippen LogP contribution < -0.4 is 4.74 Å². The van der Waals surface area contributed by atoms with E-state index in [1.54, 1.807) is 31.2 Å². The van der Waals surface area contributed by atoms with Crippen LogP contribution in [0.15, 0.2) is 42.5 Å². The zero-order chi connectivity index (χ0) is 21.2. The van der Waals surface area contributed by atoms with Gasteiger partial charge < -0.3 is 9.47 Å². The molecule has 0 amide bonds. The summed E-state index contributed by atoms with van der Waals surface area (Å²) in [4.78, 5) is 23.9. The second-order valence-corrected chi connectivity index (χ2v) is 8.96. The Balaban J connectivity index is 1.94. The average Bonchev–Trinajstić information content (AvgIpc) is 2.70. The number of hydrogen-bond donors (Lipinski definition) is 0. The summed E-state index contributed by atoms with van der Waals surface area (Å²) in [7, 11) is 0. The molecule has 4 nitrogen and oxygen atoms in total. The minimum atomic E-state index is -0.702. The molecule has 1 atom stereocenters. The molecule has 1 aliphatic rings. The molecular weight excluding hydrogens is 364 g/mol. The van der Waals surface area contributed by atoms with E-state index in [-0.39, 0.29) is 16.8 Å². The predicted molar refractivity (Wildman–Crippen MR) is 114 cm³/mol. The van der Waals surface area contributed by atoms with Crippen molar-refractivity contribution in [1.82, 2.24) is 0 Å². The lowest BCUT2D eigenvalue weighted by Gasteiger charge is -2.43. The molecule has 0 spiro atoms. The van der Waals surface area contributed by atoms with Crippen molar-refractivity contribution in [1.29, 1.82) is 0 Å². The Hall–Kier alpha value is -2.62. The number of aldehydes is 1. The van der Waals surface area contributed by atoms with Gasteiger partial charge in [0.25, 0.3) is 0 Å². The maximum Gasteiger partial charge on any atom is 0.338 e. The van der Waals surface area contributed by atoms with Crippen LogP contribution in [0.5, 0.6) is 5.75 Å². The Morgan fingerprint density at radius 1 is 1.03 bits per heavy atom. The van der Waals surface area contributed by atoms with Gasteiger partial charge in [-0.15, -0.1) is 0 Å². The summed E-state index contributed by atoms with van der Waals surface area (Å²) in [5.41, 5.74) is 3.93. The summed E-state index contributed by atoms with van der Waals surface area (Å²) < 4.78 is 11.1. The van der Waals surface area contributed by atoms with Gasteiger partial charge >= 0.3 is 5.97 Å². The van der Waals surface area contributed by atoms with E-state index < -0.39 is 6.10 Å². The third-order valence-corrected chi connectivity index (χ3v) is 5.94. The summed E-state index contributed by atoms with van der Waals surface area (Å²) in [5, 5.41) is 0. The Morgan fingerprint density at radius 2 is 1.69 bits per heavy atom. The number of fused-ring (bicyclic) bond motifs is 1. The first kappa shape index (κ1) is 21.1. The van der Waals surface area contributed by atoms with Crippen molar-refractivity contribution in [3.8, 4) is 5.75 Å². The van der Waals surface area contributed by atoms with Gasteiger partial charge in [0.2, 0.25) is 0 Å². The number of carbonyl (C=O) groups excluding carboxylic acids is 2. The molecule has 1 unspecified atom stereocenters. The van der Waals surface area contributed by atoms with E-state index in [9.17, 15) is 9.59 Å². The van der Waals surface area contributed by atoms with Gasteiger partial charge in [-0.3, -0.25) is 4.79 Å². The summed E-state index contributed by atoms with van der Waals surface area (Å²) in [5.74, 6) is 0.174. The highest BCUT2D eigenvalue weighted by molar-refractivity contribution is 5.89. The number of hydrogen-bond acceptors (Lipinski definition) is 4. The molecule has 29 heavy (non-hydrogen) atoms. The molecule has 0 aromatic heterocycles. The molecule has 0 radical (unpaired) electrons. The molecule has 0 saturated carbocycles. The molecule has 0 fully saturated rings. The fourth-order valence-corrected chi connectivity index (χ4v) is 4.21. The Kier molecular flexibility index (Phi) is 5.83. The van der Waals surface area contributed by atoms with Crippen molar-refractivity contribution >= 4 is 12.3 Å². The smallest absolute Gasteiger partial charge is 0.338 e. The molecule has 2 aromatic rings. The first-order valence-corrected chi connectivity index (χ1v) is 10.2. The molecule has 0 saturated heterocycles. The monoisotopic (exact) mass is 394 g/mol. The van der Waals surface area contributed by atoms with Crippen LogP contribution >= 0.6 is 0 Å². The van der Waals surface area contributed by atoms with Gasteiger partial charge in [-0.1, -0.05) is 45.9 Å². The van der Waals surface area contributed by atoms with Gasteiger partial charge in [-0.05, 0) is 66.0 Å². The third kappa shape index (κ3) is 4.21. The second-order valence-electron chi connectivity index (χ2n) is 8.96. The van der Waals surface area contributed by atoms with Crippen LogP contribution in [-0.4, -0.2) is 18.9 Å². The predicted octanol–water partition coefficient (Wildman–Crippen LogP) is 5.53. The first-order valence-electron chi connectivity index (χ1n) is 10.2. The highest BCUT2D eigenvalue weighted by Gasteiger charge is 2.39. The van der Waals surface area contributed by atoms with Crippen molar-refractivity contribution in [2.24, 2.45) is 0 Å². The van der Waals surface area contributed by atoms with E-state index in [1.165, 1.54) is 11.1 Å². The number of benzene rings is 2. The summed E-state index contributed by atoms with van der Waals surface area (Å²) in [6, 6.07) is 12.9. The standard InChI is InChI=1S/C25H30O4/c1-6-28-23(27)17-10-12-18(13-11-17)29-21(16-26)19-8-7-9-20-22(19)25(4,5)15-14-24(20,2)3/h7-13,16,21H,6,14-15H2,1-5H3. The molecule has 0 N–H and O–H groups in total. The molecule has 0 bridgehead atoms. The van der Waals surface area contributed by atoms with Crippen molar-refractivity contribution in [3.05, 3.63) is 64.7 Å². The zero-order valence-corrected chi connectivity index (χ0v) is 18.0. The average molecular weight is 395 g/mol. The lowest BCUT2D eigenvalue weighted by Crippen LogP contribution is -2.35. The highest BCUT2D eigenvalue weighted by Crippen LogP contribution is 2.48. The Labute approximate surface area is 173 Å². The molecule has 0 heterocycles. The fourth-order valence-electron chi connectivity index (χ4n) is 4.21. The Morgan fingerprint density at radius 3 is 2.31 bits per heavy atom. The van der Waals surface area contributed by atoms with Crippen LogP contribution in [0, 0.1) is 0 Å². The van der Waals surface area contributed by atoms with Crippen LogP contribution in [0.4, 0.5) is 0 Å². The number of rotatable bonds is 6. The Bertz CT molecular complexity index is 894. The topological polar surface area (TPSA) is 52.6 Å². The summed E-state index contributed by atoms with van der Waals surface area (Å²) in [6.07, 6.45) is 2.32. The van der Waals surface area contributed by atoms with E-state index in [0.29, 0.717) is 17.9 Å². The molecule has 1 aliphatic carbocycles. The van der Waals surface area contributed by atoms with E-state index in [0.717, 1.165) is 24.7 Å². The molecular formula is C25H30O4. The summed E-state index contributed by atoms with van der Waals surface area (Å²) >= 11 is 0. The maximum atomic E-state index is 12.0. The fraction of sp³-hybridized carbons (Fsp3) is 0.440. The molecule has 0 aliphatic heterocycles. The van der Waals surface area contributed by atoms with Crippen LogP contribution in [0.25, 0.3) is 0 Å². The van der Waals surface area contributed by atoms with Gasteiger partial charge in [0.15, 0.2) is 12.4 Å². The largest absolute Gasteiger partial charge is 0.478 e. The van der Waals surface area contributed by atoms with Crippen molar-refractivity contribution in [2.45, 2.75) is 64.4 Å². The van der Waals surface area contributed by atoms with E-state index in [2.05, 4.69) is 33.8 Å².